The number of hydrogen-bond acceptors (Lipinski definition) is 4. The number of nitrogens with one attached hydrogen (secondary N) is 2. The van der Waals surface area contributed by atoms with Crippen molar-refractivity contribution in [2.75, 3.05) is 10.8 Å². The van der Waals surface area contributed by atoms with Crippen molar-refractivity contribution in [1.82, 2.24) is 10.9 Å². The van der Waals surface area contributed by atoms with Gasteiger partial charge in [0.25, 0.3) is 21.8 Å². The van der Waals surface area contributed by atoms with E-state index in [1.165, 1.54) is 34.6 Å². The van der Waals surface area contributed by atoms with E-state index in [1.54, 1.807) is 55.5 Å². The Morgan fingerprint density at radius 1 is 0.871 bits per heavy atom. The predicted octanol–water partition coefficient (Wildman–Crippen LogP) is 3.63. The molecule has 0 spiro atoms. The highest BCUT2D eigenvalue weighted by atomic mass is 35.5. The zero-order chi connectivity index (χ0) is 22.4. The largest absolute Gasteiger partial charge is 0.271 e. The molecule has 0 heterocycles. The Labute approximate surface area is 185 Å². The number of rotatable bonds is 6. The van der Waals surface area contributed by atoms with Crippen LogP contribution in [0.5, 0.6) is 0 Å². The van der Waals surface area contributed by atoms with E-state index >= 15 is 0 Å². The van der Waals surface area contributed by atoms with Crippen molar-refractivity contribution in [1.29, 1.82) is 0 Å². The first-order valence-corrected chi connectivity index (χ1v) is 11.2. The van der Waals surface area contributed by atoms with Crippen LogP contribution in [-0.2, 0) is 10.0 Å². The number of sulfonamides is 1. The van der Waals surface area contributed by atoms with Crippen LogP contribution in [0, 0.1) is 0 Å². The second-order valence-corrected chi connectivity index (χ2v) is 8.69. The van der Waals surface area contributed by atoms with Crippen LogP contribution < -0.4 is 15.2 Å². The number of anilines is 1. The molecule has 0 aliphatic rings. The Morgan fingerprint density at radius 2 is 1.52 bits per heavy atom. The third-order valence-corrected chi connectivity index (χ3v) is 6.65. The number of benzene rings is 3. The van der Waals surface area contributed by atoms with Crippen LogP contribution in [0.1, 0.15) is 27.6 Å². The molecule has 2 amide bonds. The molecule has 160 valence electrons. The summed E-state index contributed by atoms with van der Waals surface area (Å²) in [7, 11) is -3.89. The summed E-state index contributed by atoms with van der Waals surface area (Å²) in [6, 6.07) is 20.7. The average Bonchev–Trinajstić information content (AvgIpc) is 2.78. The predicted molar refractivity (Wildman–Crippen MR) is 119 cm³/mol. The van der Waals surface area contributed by atoms with Gasteiger partial charge in [0.2, 0.25) is 0 Å². The number of carbonyl (C=O) groups excluding carboxylic acids is 2. The Morgan fingerprint density at radius 3 is 2.19 bits per heavy atom. The van der Waals surface area contributed by atoms with E-state index in [-0.39, 0.29) is 27.6 Å². The average molecular weight is 458 g/mol. The molecular weight excluding hydrogens is 438 g/mol. The normalized spacial score (nSPS) is 10.9. The van der Waals surface area contributed by atoms with Crippen LogP contribution in [-0.4, -0.2) is 26.8 Å². The van der Waals surface area contributed by atoms with Crippen molar-refractivity contribution in [3.63, 3.8) is 0 Å². The van der Waals surface area contributed by atoms with Gasteiger partial charge in [0.05, 0.1) is 21.2 Å². The van der Waals surface area contributed by atoms with Gasteiger partial charge in [0, 0.05) is 12.1 Å². The lowest BCUT2D eigenvalue weighted by Crippen LogP contribution is -2.41. The summed E-state index contributed by atoms with van der Waals surface area (Å²) in [6.45, 7) is 1.95. The molecule has 0 unspecified atom stereocenters. The van der Waals surface area contributed by atoms with Gasteiger partial charge >= 0.3 is 0 Å². The van der Waals surface area contributed by atoms with Gasteiger partial charge in [0.1, 0.15) is 0 Å². The summed E-state index contributed by atoms with van der Waals surface area (Å²) in [5, 5.41) is 0.239. The van der Waals surface area contributed by atoms with Crippen LogP contribution in [0.4, 0.5) is 5.69 Å². The molecule has 0 bridgehead atoms. The highest BCUT2D eigenvalue weighted by Crippen LogP contribution is 2.23. The van der Waals surface area contributed by atoms with Crippen molar-refractivity contribution >= 4 is 39.1 Å². The first-order chi connectivity index (χ1) is 14.8. The van der Waals surface area contributed by atoms with Crippen LogP contribution in [0.3, 0.4) is 0 Å². The maximum absolute atomic E-state index is 13.1. The number of carbonyl (C=O) groups is 2. The van der Waals surface area contributed by atoms with Crippen molar-refractivity contribution in [2.24, 2.45) is 0 Å². The molecule has 3 rings (SSSR count). The summed E-state index contributed by atoms with van der Waals surface area (Å²) in [4.78, 5) is 24.6. The minimum atomic E-state index is -3.89. The fourth-order valence-electron chi connectivity index (χ4n) is 2.91. The molecule has 31 heavy (non-hydrogen) atoms. The van der Waals surface area contributed by atoms with Crippen LogP contribution >= 0.6 is 11.6 Å². The fourth-order valence-corrected chi connectivity index (χ4v) is 4.65. The number of hydrazine groups is 1. The van der Waals surface area contributed by atoms with Gasteiger partial charge in [-0.1, -0.05) is 48.0 Å². The first kappa shape index (κ1) is 22.3. The van der Waals surface area contributed by atoms with Gasteiger partial charge in [-0.15, -0.1) is 0 Å². The summed E-state index contributed by atoms with van der Waals surface area (Å²) in [6.07, 6.45) is 0. The molecule has 0 fully saturated rings. The molecule has 0 saturated carbocycles. The molecule has 0 radical (unpaired) electrons. The second kappa shape index (κ2) is 9.63. The van der Waals surface area contributed by atoms with E-state index in [0.29, 0.717) is 5.69 Å². The number of hydrogen-bond donors (Lipinski definition) is 2. The topological polar surface area (TPSA) is 95.6 Å². The molecule has 3 aromatic carbocycles. The van der Waals surface area contributed by atoms with E-state index in [1.807, 2.05) is 0 Å². The smallest absolute Gasteiger partial charge is 0.267 e. The Balaban J connectivity index is 1.78. The minimum absolute atomic E-state index is 0.0386. The summed E-state index contributed by atoms with van der Waals surface area (Å²) >= 11 is 5.97. The first-order valence-electron chi connectivity index (χ1n) is 9.37. The van der Waals surface area contributed by atoms with Crippen molar-refractivity contribution in [2.45, 2.75) is 11.8 Å². The van der Waals surface area contributed by atoms with E-state index in [0.717, 1.165) is 0 Å². The van der Waals surface area contributed by atoms with E-state index in [4.69, 9.17) is 11.6 Å². The number of para-hydroxylation sites is 1. The molecule has 0 aromatic heterocycles. The standard InChI is InChI=1S/C22H20ClN3O4S/c1-2-26(17-10-4-3-5-11-17)31(29,30)18-12-8-9-16(15-18)21(27)24-25-22(28)19-13-6-7-14-20(19)23/h3-15H,2H2,1H3,(H,24,27)(H,25,28). The maximum Gasteiger partial charge on any atom is 0.271 e. The number of halogens is 1. The van der Waals surface area contributed by atoms with Crippen LogP contribution in [0.2, 0.25) is 5.02 Å². The Hall–Kier alpha value is -3.36. The molecular formula is C22H20ClN3O4S. The lowest BCUT2D eigenvalue weighted by atomic mass is 10.2. The molecule has 0 atom stereocenters. The zero-order valence-corrected chi connectivity index (χ0v) is 18.2. The van der Waals surface area contributed by atoms with Crippen LogP contribution in [0.25, 0.3) is 0 Å². The molecule has 2 N–H and O–H groups in total. The minimum Gasteiger partial charge on any atom is -0.267 e. The molecule has 0 aliphatic heterocycles. The monoisotopic (exact) mass is 457 g/mol. The van der Waals surface area contributed by atoms with E-state index in [9.17, 15) is 18.0 Å². The van der Waals surface area contributed by atoms with Crippen molar-refractivity contribution in [3.05, 3.63) is 95.0 Å². The van der Waals surface area contributed by atoms with Gasteiger partial charge in [-0.05, 0) is 49.4 Å². The van der Waals surface area contributed by atoms with Crippen LogP contribution in [0.15, 0.2) is 83.8 Å². The molecule has 0 saturated heterocycles. The second-order valence-electron chi connectivity index (χ2n) is 6.42. The van der Waals surface area contributed by atoms with Gasteiger partial charge < -0.3 is 0 Å². The zero-order valence-electron chi connectivity index (χ0n) is 16.6. The Bertz CT molecular complexity index is 1200. The lowest BCUT2D eigenvalue weighted by molar-refractivity contribution is 0.0846. The third kappa shape index (κ3) is 5.04. The van der Waals surface area contributed by atoms with Gasteiger partial charge in [0.15, 0.2) is 0 Å². The van der Waals surface area contributed by atoms with Crippen molar-refractivity contribution < 1.29 is 18.0 Å². The highest BCUT2D eigenvalue weighted by molar-refractivity contribution is 7.92. The molecule has 9 heteroatoms. The Kier molecular flexibility index (Phi) is 6.94. The quantitative estimate of drug-likeness (QED) is 0.552. The lowest BCUT2D eigenvalue weighted by Gasteiger charge is -2.23. The summed E-state index contributed by atoms with van der Waals surface area (Å²) in [5.41, 5.74) is 5.34. The summed E-state index contributed by atoms with van der Waals surface area (Å²) < 4.78 is 27.5. The molecule has 0 aliphatic carbocycles. The molecule has 3 aromatic rings. The SMILES string of the molecule is CCN(c1ccccc1)S(=O)(=O)c1cccc(C(=O)NNC(=O)c2ccccc2Cl)c1. The summed E-state index contributed by atoms with van der Waals surface area (Å²) in [5.74, 6) is -1.26. The van der Waals surface area contributed by atoms with Gasteiger partial charge in [-0.3, -0.25) is 24.7 Å². The maximum atomic E-state index is 13.1. The van der Waals surface area contributed by atoms with Gasteiger partial charge in [-0.25, -0.2) is 8.42 Å². The fraction of sp³-hybridized carbons (Fsp3) is 0.0909. The number of amides is 2. The van der Waals surface area contributed by atoms with Gasteiger partial charge in [-0.2, -0.15) is 0 Å². The van der Waals surface area contributed by atoms with E-state index in [2.05, 4.69) is 10.9 Å². The molecule has 7 nitrogen and oxygen atoms in total. The van der Waals surface area contributed by atoms with Crippen molar-refractivity contribution in [3.8, 4) is 0 Å². The number of nitrogens with zero attached hydrogens (tertiary/aromatic N) is 1. The highest BCUT2D eigenvalue weighted by Gasteiger charge is 2.24. The third-order valence-electron chi connectivity index (χ3n) is 4.42. The van der Waals surface area contributed by atoms with E-state index < -0.39 is 21.8 Å².